The van der Waals surface area contributed by atoms with Crippen molar-refractivity contribution in [2.24, 2.45) is 0 Å². The Labute approximate surface area is 158 Å². The molecule has 0 amide bonds. The van der Waals surface area contributed by atoms with Crippen molar-refractivity contribution in [3.8, 4) is 33.9 Å². The number of methoxy groups -OCH3 is 2. The highest BCUT2D eigenvalue weighted by atomic mass is 16.5. The second kappa shape index (κ2) is 7.00. The average molecular weight is 356 g/mol. The summed E-state index contributed by atoms with van der Waals surface area (Å²) in [5.41, 5.74) is 10.4. The van der Waals surface area contributed by atoms with Gasteiger partial charge in [0.1, 0.15) is 5.82 Å². The number of ether oxygens (including phenoxy) is 2. The number of aromatic nitrogens is 1. The highest BCUT2D eigenvalue weighted by Gasteiger charge is 2.11. The molecule has 134 valence electrons. The lowest BCUT2D eigenvalue weighted by atomic mass is 10.0. The molecule has 0 fully saturated rings. The summed E-state index contributed by atoms with van der Waals surface area (Å²) < 4.78 is 10.8. The van der Waals surface area contributed by atoms with E-state index in [1.165, 1.54) is 5.56 Å². The van der Waals surface area contributed by atoms with Gasteiger partial charge in [-0.25, -0.2) is 4.98 Å². The van der Waals surface area contributed by atoms with Crippen LogP contribution in [0.15, 0.2) is 72.8 Å². The van der Waals surface area contributed by atoms with E-state index < -0.39 is 0 Å². The summed E-state index contributed by atoms with van der Waals surface area (Å²) in [5, 5.41) is 1.80. The first-order valence-electron chi connectivity index (χ1n) is 8.67. The zero-order chi connectivity index (χ0) is 18.8. The maximum atomic E-state index is 6.25. The molecule has 2 N–H and O–H groups in total. The lowest BCUT2D eigenvalue weighted by molar-refractivity contribution is 0.356. The van der Waals surface area contributed by atoms with Crippen molar-refractivity contribution in [2.45, 2.75) is 0 Å². The van der Waals surface area contributed by atoms with Crippen LogP contribution in [0.25, 0.3) is 33.2 Å². The molecule has 0 atom stereocenters. The first kappa shape index (κ1) is 16.9. The normalized spacial score (nSPS) is 10.7. The zero-order valence-corrected chi connectivity index (χ0v) is 15.3. The van der Waals surface area contributed by atoms with Gasteiger partial charge in [-0.2, -0.15) is 0 Å². The van der Waals surface area contributed by atoms with E-state index in [1.54, 1.807) is 14.2 Å². The number of rotatable bonds is 4. The van der Waals surface area contributed by atoms with E-state index in [0.29, 0.717) is 17.3 Å². The maximum absolute atomic E-state index is 6.25. The van der Waals surface area contributed by atoms with Crippen LogP contribution < -0.4 is 15.2 Å². The van der Waals surface area contributed by atoms with Crippen molar-refractivity contribution in [3.63, 3.8) is 0 Å². The molecule has 0 unspecified atom stereocenters. The number of pyridine rings is 1. The van der Waals surface area contributed by atoms with Crippen LogP contribution in [0.5, 0.6) is 11.5 Å². The zero-order valence-electron chi connectivity index (χ0n) is 15.3. The molecule has 0 aliphatic rings. The Morgan fingerprint density at radius 3 is 2.11 bits per heavy atom. The second-order valence-electron chi connectivity index (χ2n) is 6.27. The largest absolute Gasteiger partial charge is 0.493 e. The Morgan fingerprint density at radius 2 is 1.37 bits per heavy atom. The molecule has 4 aromatic rings. The van der Waals surface area contributed by atoms with Crippen LogP contribution in [0, 0.1) is 0 Å². The van der Waals surface area contributed by atoms with Gasteiger partial charge in [0.25, 0.3) is 0 Å². The number of benzene rings is 3. The molecule has 0 saturated carbocycles. The molecule has 0 bridgehead atoms. The van der Waals surface area contributed by atoms with Crippen molar-refractivity contribution in [3.05, 3.63) is 72.8 Å². The van der Waals surface area contributed by atoms with Crippen molar-refractivity contribution in [1.82, 2.24) is 4.98 Å². The number of nitrogens with zero attached hydrogens (tertiary/aromatic N) is 1. The van der Waals surface area contributed by atoms with Gasteiger partial charge in [0.2, 0.25) is 0 Å². The molecule has 4 nitrogen and oxygen atoms in total. The van der Waals surface area contributed by atoms with Crippen molar-refractivity contribution in [1.29, 1.82) is 0 Å². The summed E-state index contributed by atoms with van der Waals surface area (Å²) in [7, 11) is 3.23. The van der Waals surface area contributed by atoms with Crippen LogP contribution in [0.4, 0.5) is 5.82 Å². The minimum absolute atomic E-state index is 0.466. The smallest absolute Gasteiger partial charge is 0.161 e. The molecule has 0 radical (unpaired) electrons. The van der Waals surface area contributed by atoms with E-state index in [9.17, 15) is 0 Å². The quantitative estimate of drug-likeness (QED) is 0.548. The van der Waals surface area contributed by atoms with Gasteiger partial charge in [-0.15, -0.1) is 0 Å². The Balaban J connectivity index is 1.85. The molecule has 27 heavy (non-hydrogen) atoms. The fourth-order valence-corrected chi connectivity index (χ4v) is 3.24. The van der Waals surface area contributed by atoms with E-state index in [-0.39, 0.29) is 0 Å². The molecule has 4 heteroatoms. The molecule has 0 spiro atoms. The number of fused-ring (bicyclic) bond motifs is 1. The number of hydrogen-bond acceptors (Lipinski definition) is 4. The Kier molecular flexibility index (Phi) is 4.38. The number of nitrogen functional groups attached to an aromatic ring is 1. The maximum Gasteiger partial charge on any atom is 0.161 e. The molecule has 0 aliphatic carbocycles. The monoisotopic (exact) mass is 356 g/mol. The predicted octanol–water partition coefficient (Wildman–Crippen LogP) is 5.17. The summed E-state index contributed by atoms with van der Waals surface area (Å²) in [6, 6.07) is 24.4. The van der Waals surface area contributed by atoms with Crippen LogP contribution >= 0.6 is 0 Å². The Bertz CT molecular complexity index is 1110. The van der Waals surface area contributed by atoms with E-state index in [2.05, 4.69) is 29.2 Å². The van der Waals surface area contributed by atoms with E-state index >= 15 is 0 Å². The van der Waals surface area contributed by atoms with Gasteiger partial charge in [0, 0.05) is 10.9 Å². The molecule has 0 aliphatic heterocycles. The van der Waals surface area contributed by atoms with Crippen LogP contribution in [0.3, 0.4) is 0 Å². The van der Waals surface area contributed by atoms with E-state index in [4.69, 9.17) is 15.2 Å². The summed E-state index contributed by atoms with van der Waals surface area (Å²) in [5.74, 6) is 1.77. The Morgan fingerprint density at radius 1 is 0.704 bits per heavy atom. The molecular formula is C23H20N2O2. The van der Waals surface area contributed by atoms with Gasteiger partial charge in [0.05, 0.1) is 19.9 Å². The lowest BCUT2D eigenvalue weighted by Gasteiger charge is -2.12. The summed E-state index contributed by atoms with van der Waals surface area (Å²) >= 11 is 0. The predicted molar refractivity (Wildman–Crippen MR) is 110 cm³/mol. The third-order valence-electron chi connectivity index (χ3n) is 4.63. The average Bonchev–Trinajstić information content (AvgIpc) is 2.73. The van der Waals surface area contributed by atoms with Gasteiger partial charge in [0.15, 0.2) is 11.5 Å². The first-order valence-corrected chi connectivity index (χ1v) is 8.67. The molecule has 1 heterocycles. The molecule has 0 saturated heterocycles. The molecule has 3 aromatic carbocycles. The summed E-state index contributed by atoms with van der Waals surface area (Å²) in [4.78, 5) is 4.62. The molecular weight excluding hydrogens is 336 g/mol. The lowest BCUT2D eigenvalue weighted by Crippen LogP contribution is -1.97. The number of anilines is 1. The third-order valence-corrected chi connectivity index (χ3v) is 4.63. The highest BCUT2D eigenvalue weighted by Crippen LogP contribution is 2.36. The highest BCUT2D eigenvalue weighted by molar-refractivity contribution is 5.96. The van der Waals surface area contributed by atoms with Crippen LogP contribution in [0.1, 0.15) is 0 Å². The van der Waals surface area contributed by atoms with Crippen molar-refractivity contribution < 1.29 is 9.47 Å². The fraction of sp³-hybridized carbons (Fsp3) is 0.0870. The van der Waals surface area contributed by atoms with Gasteiger partial charge in [-0.05, 0) is 40.8 Å². The number of nitrogens with two attached hydrogens (primary N) is 1. The SMILES string of the molecule is COc1cc2cc(-c3cccc(-c4ccccc4)c3)nc(N)c2cc1OC. The molecule has 1 aromatic heterocycles. The summed E-state index contributed by atoms with van der Waals surface area (Å²) in [6.45, 7) is 0. The van der Waals surface area contributed by atoms with Gasteiger partial charge in [-0.1, -0.05) is 48.5 Å². The van der Waals surface area contributed by atoms with Crippen LogP contribution in [-0.2, 0) is 0 Å². The summed E-state index contributed by atoms with van der Waals surface area (Å²) in [6.07, 6.45) is 0. The minimum atomic E-state index is 0.466. The second-order valence-corrected chi connectivity index (χ2v) is 6.27. The standard InChI is InChI=1S/C23H20N2O2/c1-26-21-13-18-12-20(25-23(24)19(18)14-22(21)27-2)17-10-6-9-16(11-17)15-7-4-3-5-8-15/h3-14H,1-2H3,(H2,24,25). The van der Waals surface area contributed by atoms with Crippen molar-refractivity contribution >= 4 is 16.6 Å². The minimum Gasteiger partial charge on any atom is -0.493 e. The van der Waals surface area contributed by atoms with Gasteiger partial charge in [-0.3, -0.25) is 0 Å². The van der Waals surface area contributed by atoms with Crippen LogP contribution in [-0.4, -0.2) is 19.2 Å². The van der Waals surface area contributed by atoms with Gasteiger partial charge >= 0.3 is 0 Å². The van der Waals surface area contributed by atoms with E-state index in [1.807, 2.05) is 48.5 Å². The molecule has 4 rings (SSSR count). The Hall–Kier alpha value is -3.53. The van der Waals surface area contributed by atoms with Crippen LogP contribution in [0.2, 0.25) is 0 Å². The fourth-order valence-electron chi connectivity index (χ4n) is 3.24. The number of hydrogen-bond donors (Lipinski definition) is 1. The van der Waals surface area contributed by atoms with Crippen molar-refractivity contribution in [2.75, 3.05) is 20.0 Å². The third kappa shape index (κ3) is 3.17. The van der Waals surface area contributed by atoms with Gasteiger partial charge < -0.3 is 15.2 Å². The first-order chi connectivity index (χ1) is 13.2. The van der Waals surface area contributed by atoms with E-state index in [0.717, 1.165) is 27.6 Å². The topological polar surface area (TPSA) is 57.4 Å².